The van der Waals surface area contributed by atoms with Gasteiger partial charge in [0.25, 0.3) is 0 Å². The van der Waals surface area contributed by atoms with Crippen molar-refractivity contribution in [2.45, 2.75) is 70.0 Å². The lowest BCUT2D eigenvalue weighted by atomic mass is 9.74. The Hall–Kier alpha value is -1.67. The van der Waals surface area contributed by atoms with Gasteiger partial charge < -0.3 is 0 Å². The lowest BCUT2D eigenvalue weighted by Crippen LogP contribution is -2.28. The Balaban J connectivity index is 1.24. The van der Waals surface area contributed by atoms with Crippen molar-refractivity contribution in [3.8, 4) is 11.1 Å². The van der Waals surface area contributed by atoms with Crippen molar-refractivity contribution in [1.29, 1.82) is 0 Å². The van der Waals surface area contributed by atoms with Gasteiger partial charge in [0.15, 0.2) is 0 Å². The second-order valence-electron chi connectivity index (χ2n) is 9.73. The summed E-state index contributed by atoms with van der Waals surface area (Å²) in [5, 5.41) is 0. The molecule has 2 aliphatic rings. The fourth-order valence-corrected chi connectivity index (χ4v) is 9.32. The zero-order valence-corrected chi connectivity index (χ0v) is 19.7. The van der Waals surface area contributed by atoms with E-state index in [0.717, 1.165) is 28.9 Å². The molecule has 0 amide bonds. The third-order valence-electron chi connectivity index (χ3n) is 7.72. The van der Waals surface area contributed by atoms with Crippen molar-refractivity contribution in [1.82, 2.24) is 0 Å². The minimum Gasteiger partial charge on any atom is -0.207 e. The number of hydrogen-bond donors (Lipinski definition) is 0. The molecule has 2 heteroatoms. The second kappa shape index (κ2) is 10.6. The second-order valence-corrected chi connectivity index (χ2v) is 13.2. The number of allylic oxidation sites excluding steroid dienone is 1. The van der Waals surface area contributed by atoms with E-state index >= 15 is 0 Å². The van der Waals surface area contributed by atoms with Crippen LogP contribution in [0.1, 0.15) is 57.4 Å². The summed E-state index contributed by atoms with van der Waals surface area (Å²) in [6.45, 7) is 2.37. The molecular formula is C28H37FSi. The lowest BCUT2D eigenvalue weighted by molar-refractivity contribution is 0.208. The van der Waals surface area contributed by atoms with Crippen LogP contribution in [0, 0.1) is 23.6 Å². The van der Waals surface area contributed by atoms with Crippen molar-refractivity contribution in [2.24, 2.45) is 17.8 Å². The summed E-state index contributed by atoms with van der Waals surface area (Å²) < 4.78 is 13.1. The van der Waals surface area contributed by atoms with E-state index in [0.29, 0.717) is 0 Å². The highest BCUT2D eigenvalue weighted by Crippen LogP contribution is 2.41. The molecule has 1 aliphatic carbocycles. The van der Waals surface area contributed by atoms with Crippen molar-refractivity contribution < 1.29 is 4.39 Å². The fraction of sp³-hybridized carbons (Fsp3) is 0.500. The highest BCUT2D eigenvalue weighted by molar-refractivity contribution is 6.58. The molecule has 0 atom stereocenters. The summed E-state index contributed by atoms with van der Waals surface area (Å²) in [5.74, 6) is 2.64. The normalized spacial score (nSPS) is 27.4. The molecule has 4 rings (SSSR count). The number of benzene rings is 2. The maximum atomic E-state index is 13.1. The van der Waals surface area contributed by atoms with Gasteiger partial charge in [-0.3, -0.25) is 0 Å². The molecule has 0 aromatic heterocycles. The van der Waals surface area contributed by atoms with Crippen LogP contribution in [0.15, 0.2) is 54.6 Å². The van der Waals surface area contributed by atoms with E-state index in [-0.39, 0.29) is 14.6 Å². The van der Waals surface area contributed by atoms with Crippen LogP contribution in [0.5, 0.6) is 0 Å². The first-order valence-electron chi connectivity index (χ1n) is 12.3. The van der Waals surface area contributed by atoms with Crippen LogP contribution in [0.2, 0.25) is 18.1 Å². The monoisotopic (exact) mass is 420 g/mol. The fourth-order valence-electron chi connectivity index (χ4n) is 5.84. The Bertz CT molecular complexity index is 792. The lowest BCUT2D eigenvalue weighted by Gasteiger charge is -2.37. The quantitative estimate of drug-likeness (QED) is 0.412. The van der Waals surface area contributed by atoms with Crippen molar-refractivity contribution >= 4 is 14.9 Å². The van der Waals surface area contributed by atoms with Crippen LogP contribution in [-0.4, -0.2) is 8.80 Å². The molecule has 1 aliphatic heterocycles. The van der Waals surface area contributed by atoms with Gasteiger partial charge in [-0.05, 0) is 72.3 Å². The maximum Gasteiger partial charge on any atom is 0.123 e. The third-order valence-corrected chi connectivity index (χ3v) is 11.4. The topological polar surface area (TPSA) is 0 Å². The largest absolute Gasteiger partial charge is 0.207 e. The summed E-state index contributed by atoms with van der Waals surface area (Å²) >= 11 is 0. The molecule has 160 valence electrons. The number of rotatable bonds is 6. The molecule has 2 aromatic rings. The molecule has 1 saturated carbocycles. The van der Waals surface area contributed by atoms with Gasteiger partial charge in [-0.25, -0.2) is 4.39 Å². The van der Waals surface area contributed by atoms with E-state index in [2.05, 4.69) is 43.3 Å². The predicted octanol–water partition coefficient (Wildman–Crippen LogP) is 8.36. The summed E-state index contributed by atoms with van der Waals surface area (Å²) in [7, 11) is -0.332. The summed E-state index contributed by atoms with van der Waals surface area (Å²) in [6.07, 6.45) is 14.9. The highest BCUT2D eigenvalue weighted by atomic mass is 28.3. The third kappa shape index (κ3) is 5.72. The smallest absolute Gasteiger partial charge is 0.123 e. The van der Waals surface area contributed by atoms with Gasteiger partial charge in [0, 0.05) is 8.80 Å². The van der Waals surface area contributed by atoms with E-state index in [1.54, 1.807) is 31.0 Å². The Kier molecular flexibility index (Phi) is 7.60. The Morgan fingerprint density at radius 2 is 1.37 bits per heavy atom. The Labute approximate surface area is 184 Å². The molecule has 0 spiro atoms. The Morgan fingerprint density at radius 3 is 1.97 bits per heavy atom. The molecule has 0 bridgehead atoms. The zero-order chi connectivity index (χ0) is 20.8. The van der Waals surface area contributed by atoms with E-state index in [1.807, 2.05) is 12.1 Å². The zero-order valence-electron chi connectivity index (χ0n) is 18.5. The number of halogens is 1. The average molecular weight is 421 g/mol. The van der Waals surface area contributed by atoms with E-state index < -0.39 is 0 Å². The minimum atomic E-state index is -0.332. The molecule has 0 N–H and O–H groups in total. The molecule has 0 unspecified atom stereocenters. The first kappa shape index (κ1) is 21.6. The van der Waals surface area contributed by atoms with Crippen molar-refractivity contribution in [3.05, 3.63) is 66.0 Å². The van der Waals surface area contributed by atoms with Gasteiger partial charge in [-0.1, -0.05) is 92.9 Å². The maximum absolute atomic E-state index is 13.1. The molecule has 0 nitrogen and oxygen atoms in total. The van der Waals surface area contributed by atoms with E-state index in [9.17, 15) is 4.39 Å². The van der Waals surface area contributed by atoms with Crippen LogP contribution in [0.25, 0.3) is 17.2 Å². The van der Waals surface area contributed by atoms with Crippen LogP contribution in [0.4, 0.5) is 4.39 Å². The molecule has 0 radical (unpaired) electrons. The average Bonchev–Trinajstić information content (AvgIpc) is 2.80. The van der Waals surface area contributed by atoms with Crippen LogP contribution in [0.3, 0.4) is 0 Å². The molecule has 30 heavy (non-hydrogen) atoms. The molecule has 1 heterocycles. The molecular weight excluding hydrogens is 383 g/mol. The van der Waals surface area contributed by atoms with E-state index in [1.165, 1.54) is 49.8 Å². The van der Waals surface area contributed by atoms with Crippen molar-refractivity contribution in [2.75, 3.05) is 0 Å². The molecule has 2 aromatic carbocycles. The van der Waals surface area contributed by atoms with Crippen LogP contribution < -0.4 is 0 Å². The molecule has 1 saturated heterocycles. The van der Waals surface area contributed by atoms with Gasteiger partial charge in [0.05, 0.1) is 0 Å². The van der Waals surface area contributed by atoms with Crippen LogP contribution >= 0.6 is 0 Å². The van der Waals surface area contributed by atoms with E-state index in [4.69, 9.17) is 0 Å². The van der Waals surface area contributed by atoms with Gasteiger partial charge in [0.2, 0.25) is 0 Å². The summed E-state index contributed by atoms with van der Waals surface area (Å²) in [5.41, 5.74) is 3.48. The predicted molar refractivity (Wildman–Crippen MR) is 131 cm³/mol. The van der Waals surface area contributed by atoms with Gasteiger partial charge in [-0.2, -0.15) is 0 Å². The Morgan fingerprint density at radius 1 is 0.800 bits per heavy atom. The first-order valence-corrected chi connectivity index (χ1v) is 14.7. The first-order chi connectivity index (χ1) is 14.7. The minimum absolute atomic E-state index is 0.181. The number of hydrogen-bond acceptors (Lipinski definition) is 0. The summed E-state index contributed by atoms with van der Waals surface area (Å²) in [6, 6.07) is 20.2. The van der Waals surface area contributed by atoms with Crippen LogP contribution in [-0.2, 0) is 0 Å². The summed E-state index contributed by atoms with van der Waals surface area (Å²) in [4.78, 5) is 0. The van der Waals surface area contributed by atoms with Gasteiger partial charge in [0.1, 0.15) is 5.82 Å². The van der Waals surface area contributed by atoms with Gasteiger partial charge in [-0.15, -0.1) is 0 Å². The van der Waals surface area contributed by atoms with Gasteiger partial charge >= 0.3 is 0 Å². The molecule has 2 fully saturated rings. The highest BCUT2D eigenvalue weighted by Gasteiger charge is 2.30. The standard InChI is InChI=1S/C28H37FSi/c1-2-19-30-20-17-27(18-21-30)25-11-7-23(8-12-25)4-3-22-5-9-24(10-6-22)26-13-15-28(29)16-14-26/h3-6,9-10,13-16,23,25,27,30H,2,7-8,11-12,17-21H2,1H3/b4-3+. The van der Waals surface area contributed by atoms with Crippen molar-refractivity contribution in [3.63, 3.8) is 0 Å². The SMILES string of the molecule is CCC[SiH]1CCC(C2CCC(/C=C/c3ccc(-c4ccc(F)cc4)cc3)CC2)CC1.